The standard InChI is InChI=1S/C14H11ClF3NO3S/c15-10-5-8(7-23(21)22)1-3-11(10)19-12-6-9(14(16,17)18)2-4-13(12)20/h1-6,19-20H,7H2,(H,21,22)/p-1. The summed E-state index contributed by atoms with van der Waals surface area (Å²) in [6.45, 7) is 0. The Hall–Kier alpha value is -1.77. The molecule has 1 unspecified atom stereocenters. The van der Waals surface area contributed by atoms with Crippen molar-refractivity contribution in [2.45, 2.75) is 11.9 Å². The summed E-state index contributed by atoms with van der Waals surface area (Å²) >= 11 is 3.70. The van der Waals surface area contributed by atoms with E-state index in [2.05, 4.69) is 5.32 Å². The van der Waals surface area contributed by atoms with Gasteiger partial charge in [0, 0.05) is 5.75 Å². The number of hydrogen-bond acceptors (Lipinski definition) is 4. The first-order valence-corrected chi connectivity index (χ1v) is 7.80. The Balaban J connectivity index is 2.30. The van der Waals surface area contributed by atoms with Gasteiger partial charge in [0.1, 0.15) is 5.75 Å². The average Bonchev–Trinajstić information content (AvgIpc) is 2.42. The Morgan fingerprint density at radius 1 is 1.17 bits per heavy atom. The Bertz CT molecular complexity index is 753. The molecule has 2 aromatic carbocycles. The number of phenols is 1. The van der Waals surface area contributed by atoms with Crippen molar-refractivity contribution < 1.29 is 27.0 Å². The monoisotopic (exact) mass is 364 g/mol. The van der Waals surface area contributed by atoms with Crippen molar-refractivity contribution in [1.82, 2.24) is 0 Å². The van der Waals surface area contributed by atoms with Gasteiger partial charge in [-0.3, -0.25) is 4.21 Å². The number of aromatic hydroxyl groups is 1. The number of nitrogens with one attached hydrogen (secondary N) is 1. The number of alkyl halides is 3. The van der Waals surface area contributed by atoms with E-state index in [1.54, 1.807) is 0 Å². The molecule has 124 valence electrons. The molecule has 2 aromatic rings. The first-order valence-electron chi connectivity index (χ1n) is 6.18. The smallest absolute Gasteiger partial charge is 0.416 e. The van der Waals surface area contributed by atoms with E-state index in [0.29, 0.717) is 5.56 Å². The van der Waals surface area contributed by atoms with E-state index < -0.39 is 22.8 Å². The third-order valence-corrected chi connectivity index (χ3v) is 3.79. The first-order chi connectivity index (χ1) is 10.7. The molecule has 2 N–H and O–H groups in total. The molecule has 0 heterocycles. The maximum atomic E-state index is 12.7. The first kappa shape index (κ1) is 17.6. The van der Waals surface area contributed by atoms with E-state index in [4.69, 9.17) is 11.6 Å². The van der Waals surface area contributed by atoms with Crippen molar-refractivity contribution in [1.29, 1.82) is 0 Å². The van der Waals surface area contributed by atoms with Crippen LogP contribution in [0.3, 0.4) is 0 Å². The minimum Gasteiger partial charge on any atom is -0.772 e. The Morgan fingerprint density at radius 2 is 1.87 bits per heavy atom. The number of phenolic OH excluding ortho intramolecular Hbond substituents is 1. The number of hydrogen-bond donors (Lipinski definition) is 2. The highest BCUT2D eigenvalue weighted by Crippen LogP contribution is 2.37. The van der Waals surface area contributed by atoms with Crippen LogP contribution < -0.4 is 5.32 Å². The summed E-state index contributed by atoms with van der Waals surface area (Å²) in [4.78, 5) is 0. The summed E-state index contributed by atoms with van der Waals surface area (Å²) < 4.78 is 59.4. The van der Waals surface area contributed by atoms with Gasteiger partial charge in [-0.25, -0.2) is 0 Å². The van der Waals surface area contributed by atoms with Gasteiger partial charge in [-0.05, 0) is 35.9 Å². The predicted octanol–water partition coefficient (Wildman–Crippen LogP) is 4.19. The Kier molecular flexibility index (Phi) is 5.18. The van der Waals surface area contributed by atoms with Crippen molar-refractivity contribution in [3.8, 4) is 5.75 Å². The van der Waals surface area contributed by atoms with Gasteiger partial charge in [-0.1, -0.05) is 28.7 Å². The quantitative estimate of drug-likeness (QED) is 0.630. The zero-order valence-corrected chi connectivity index (χ0v) is 12.9. The largest absolute Gasteiger partial charge is 0.772 e. The predicted molar refractivity (Wildman–Crippen MR) is 80.5 cm³/mol. The van der Waals surface area contributed by atoms with Gasteiger partial charge in [0.25, 0.3) is 0 Å². The second-order valence-corrected chi connectivity index (χ2v) is 5.92. The van der Waals surface area contributed by atoms with Crippen LogP contribution in [0.15, 0.2) is 36.4 Å². The second kappa shape index (κ2) is 6.77. The molecule has 0 saturated carbocycles. The fourth-order valence-corrected chi connectivity index (χ4v) is 2.55. The third kappa shape index (κ3) is 4.60. The second-order valence-electron chi connectivity index (χ2n) is 4.62. The summed E-state index contributed by atoms with van der Waals surface area (Å²) in [6, 6.07) is 6.71. The van der Waals surface area contributed by atoms with Crippen LogP contribution >= 0.6 is 11.6 Å². The summed E-state index contributed by atoms with van der Waals surface area (Å²) in [5.74, 6) is -0.603. The van der Waals surface area contributed by atoms with Crippen molar-refractivity contribution in [3.05, 3.63) is 52.5 Å². The van der Waals surface area contributed by atoms with E-state index in [-0.39, 0.29) is 27.9 Å². The van der Waals surface area contributed by atoms with Crippen LogP contribution in [-0.2, 0) is 23.0 Å². The lowest BCUT2D eigenvalue weighted by Gasteiger charge is -2.14. The van der Waals surface area contributed by atoms with Gasteiger partial charge >= 0.3 is 6.18 Å². The maximum Gasteiger partial charge on any atom is 0.416 e. The van der Waals surface area contributed by atoms with E-state index >= 15 is 0 Å². The zero-order chi connectivity index (χ0) is 17.2. The van der Waals surface area contributed by atoms with Gasteiger partial charge in [-0.15, -0.1) is 0 Å². The molecule has 2 rings (SSSR count). The molecule has 0 amide bonds. The fraction of sp³-hybridized carbons (Fsp3) is 0.143. The van der Waals surface area contributed by atoms with Crippen LogP contribution in [0, 0.1) is 0 Å². The topological polar surface area (TPSA) is 72.4 Å². The molecular weight excluding hydrogens is 355 g/mol. The van der Waals surface area contributed by atoms with Crippen LogP contribution in [0.25, 0.3) is 0 Å². The Labute approximate surface area is 137 Å². The SMILES string of the molecule is O=S([O-])Cc1ccc(Nc2cc(C(F)(F)F)ccc2O)c(Cl)c1. The fourth-order valence-electron chi connectivity index (χ4n) is 1.84. The van der Waals surface area contributed by atoms with Crippen LogP contribution in [0.2, 0.25) is 5.02 Å². The summed E-state index contributed by atoms with van der Waals surface area (Å²) in [6.07, 6.45) is -4.55. The lowest BCUT2D eigenvalue weighted by Crippen LogP contribution is -2.05. The summed E-state index contributed by atoms with van der Waals surface area (Å²) in [5.41, 5.74) is -0.418. The normalized spacial score (nSPS) is 12.9. The highest BCUT2D eigenvalue weighted by Gasteiger charge is 2.31. The molecule has 0 bridgehead atoms. The highest BCUT2D eigenvalue weighted by molar-refractivity contribution is 7.78. The van der Waals surface area contributed by atoms with E-state index in [1.165, 1.54) is 18.2 Å². The minimum atomic E-state index is -4.55. The molecule has 0 spiro atoms. The van der Waals surface area contributed by atoms with Crippen molar-refractivity contribution in [2.24, 2.45) is 0 Å². The van der Waals surface area contributed by atoms with Crippen molar-refractivity contribution in [3.63, 3.8) is 0 Å². The van der Waals surface area contributed by atoms with Gasteiger partial charge in [0.15, 0.2) is 0 Å². The lowest BCUT2D eigenvalue weighted by atomic mass is 10.1. The molecule has 0 fully saturated rings. The van der Waals surface area contributed by atoms with E-state index in [1.807, 2.05) is 0 Å². The molecule has 0 aromatic heterocycles. The van der Waals surface area contributed by atoms with Crippen molar-refractivity contribution >= 4 is 34.1 Å². The van der Waals surface area contributed by atoms with Crippen LogP contribution in [0.5, 0.6) is 5.75 Å². The third-order valence-electron chi connectivity index (χ3n) is 2.91. The number of rotatable bonds is 4. The molecular formula is C14H10ClF3NO3S-. The molecule has 0 aliphatic heterocycles. The highest BCUT2D eigenvalue weighted by atomic mass is 35.5. The molecule has 4 nitrogen and oxygen atoms in total. The van der Waals surface area contributed by atoms with Gasteiger partial charge in [-0.2, -0.15) is 13.2 Å². The van der Waals surface area contributed by atoms with Crippen LogP contribution in [-0.4, -0.2) is 13.9 Å². The summed E-state index contributed by atoms with van der Waals surface area (Å²) in [7, 11) is 0. The molecule has 0 aliphatic rings. The molecule has 0 radical (unpaired) electrons. The molecule has 0 saturated heterocycles. The van der Waals surface area contributed by atoms with Crippen LogP contribution in [0.4, 0.5) is 24.5 Å². The molecule has 0 aliphatic carbocycles. The summed E-state index contributed by atoms with van der Waals surface area (Å²) in [5, 5.41) is 12.4. The van der Waals surface area contributed by atoms with E-state index in [0.717, 1.165) is 18.2 Å². The Morgan fingerprint density at radius 3 is 2.43 bits per heavy atom. The van der Waals surface area contributed by atoms with Gasteiger partial charge < -0.3 is 15.0 Å². The van der Waals surface area contributed by atoms with E-state index in [9.17, 15) is 27.0 Å². The number of anilines is 2. The number of halogens is 4. The molecule has 1 atom stereocenters. The molecule has 23 heavy (non-hydrogen) atoms. The molecule has 9 heteroatoms. The van der Waals surface area contributed by atoms with Crippen LogP contribution in [0.1, 0.15) is 11.1 Å². The zero-order valence-electron chi connectivity index (χ0n) is 11.4. The number of benzene rings is 2. The van der Waals surface area contributed by atoms with Gasteiger partial charge in [0.05, 0.1) is 22.0 Å². The minimum absolute atomic E-state index is 0.116. The van der Waals surface area contributed by atoms with Crippen molar-refractivity contribution in [2.75, 3.05) is 5.32 Å². The maximum absolute atomic E-state index is 12.7. The van der Waals surface area contributed by atoms with Gasteiger partial charge in [0.2, 0.25) is 0 Å². The average molecular weight is 365 g/mol. The lowest BCUT2D eigenvalue weighted by molar-refractivity contribution is -0.137.